The summed E-state index contributed by atoms with van der Waals surface area (Å²) in [7, 11) is -7.63. The zero-order valence-electron chi connectivity index (χ0n) is 15.4. The average molecular weight is 469 g/mol. The molecular formula is C19H20N2O4S4. The molecule has 4 rings (SSSR count). The molecule has 0 amide bonds. The van der Waals surface area contributed by atoms with Gasteiger partial charge in [0.1, 0.15) is 0 Å². The zero-order valence-corrected chi connectivity index (χ0v) is 18.7. The quantitative estimate of drug-likeness (QED) is 0.520. The van der Waals surface area contributed by atoms with Gasteiger partial charge in [-0.15, -0.1) is 22.7 Å². The first kappa shape index (κ1) is 20.7. The maximum absolute atomic E-state index is 13.4. The molecule has 29 heavy (non-hydrogen) atoms. The van der Waals surface area contributed by atoms with Crippen LogP contribution < -0.4 is 4.72 Å². The standard InChI is InChI=1S/C19H20N2O4S4/c22-28(23,20-15-8-9-15)18-6-1-7-19(12-18)29(24,25)21(13-16-4-2-10-26-16)14-17-5-3-11-27-17/h1-7,10-12,15,20H,8-9,13-14H2. The summed E-state index contributed by atoms with van der Waals surface area (Å²) in [6, 6.07) is 13.1. The van der Waals surface area contributed by atoms with E-state index >= 15 is 0 Å². The molecule has 1 aliphatic carbocycles. The molecule has 0 atom stereocenters. The van der Waals surface area contributed by atoms with Crippen LogP contribution in [0.5, 0.6) is 0 Å². The van der Waals surface area contributed by atoms with Crippen LogP contribution in [0, 0.1) is 0 Å². The van der Waals surface area contributed by atoms with Gasteiger partial charge >= 0.3 is 0 Å². The number of sulfonamides is 2. The van der Waals surface area contributed by atoms with E-state index in [2.05, 4.69) is 4.72 Å². The number of rotatable bonds is 9. The van der Waals surface area contributed by atoms with E-state index in [4.69, 9.17) is 0 Å². The van der Waals surface area contributed by atoms with Crippen LogP contribution in [0.15, 0.2) is 69.1 Å². The Kier molecular flexibility index (Phi) is 5.92. The van der Waals surface area contributed by atoms with Crippen LogP contribution in [0.3, 0.4) is 0 Å². The Labute approximate surface area is 178 Å². The largest absolute Gasteiger partial charge is 0.243 e. The van der Waals surface area contributed by atoms with Gasteiger partial charge < -0.3 is 0 Å². The van der Waals surface area contributed by atoms with E-state index in [-0.39, 0.29) is 28.9 Å². The highest BCUT2D eigenvalue weighted by molar-refractivity contribution is 7.90. The molecule has 2 heterocycles. The number of hydrogen-bond acceptors (Lipinski definition) is 6. The van der Waals surface area contributed by atoms with E-state index in [1.165, 1.54) is 51.2 Å². The summed E-state index contributed by atoms with van der Waals surface area (Å²) in [6.07, 6.45) is 1.62. The summed E-state index contributed by atoms with van der Waals surface area (Å²) in [4.78, 5) is 1.79. The molecular weight excluding hydrogens is 448 g/mol. The Morgan fingerprint density at radius 1 is 0.862 bits per heavy atom. The van der Waals surface area contributed by atoms with Gasteiger partial charge in [-0.3, -0.25) is 0 Å². The third-order valence-electron chi connectivity index (χ3n) is 4.48. The first-order chi connectivity index (χ1) is 13.8. The second kappa shape index (κ2) is 8.29. The van der Waals surface area contributed by atoms with Gasteiger partial charge in [0, 0.05) is 28.9 Å². The van der Waals surface area contributed by atoms with Gasteiger partial charge in [-0.25, -0.2) is 21.6 Å². The molecule has 1 saturated carbocycles. The SMILES string of the molecule is O=S(=O)(NC1CC1)c1cccc(S(=O)(=O)N(Cc2cccs2)Cc2cccs2)c1. The molecule has 0 saturated heterocycles. The monoisotopic (exact) mass is 468 g/mol. The summed E-state index contributed by atoms with van der Waals surface area (Å²) in [5.41, 5.74) is 0. The fourth-order valence-electron chi connectivity index (χ4n) is 2.82. The fourth-order valence-corrected chi connectivity index (χ4v) is 7.29. The van der Waals surface area contributed by atoms with E-state index in [1.807, 2.05) is 35.0 Å². The van der Waals surface area contributed by atoms with Crippen molar-refractivity contribution in [1.29, 1.82) is 0 Å². The lowest BCUT2D eigenvalue weighted by Crippen LogP contribution is -2.30. The molecule has 10 heteroatoms. The number of nitrogens with one attached hydrogen (secondary N) is 1. The summed E-state index contributed by atoms with van der Waals surface area (Å²) >= 11 is 2.98. The Hall–Kier alpha value is -1.56. The molecule has 0 aliphatic heterocycles. The smallest absolute Gasteiger partial charge is 0.208 e. The minimum Gasteiger partial charge on any atom is -0.208 e. The van der Waals surface area contributed by atoms with E-state index in [0.717, 1.165) is 22.6 Å². The highest BCUT2D eigenvalue weighted by atomic mass is 32.2. The van der Waals surface area contributed by atoms with Crippen molar-refractivity contribution >= 4 is 42.7 Å². The van der Waals surface area contributed by atoms with E-state index < -0.39 is 20.0 Å². The van der Waals surface area contributed by atoms with Crippen LogP contribution in [-0.2, 0) is 33.1 Å². The number of thiophene rings is 2. The van der Waals surface area contributed by atoms with Crippen LogP contribution in [0.25, 0.3) is 0 Å². The van der Waals surface area contributed by atoms with Gasteiger partial charge in [0.2, 0.25) is 20.0 Å². The summed E-state index contributed by atoms with van der Waals surface area (Å²) in [5.74, 6) is 0. The molecule has 3 aromatic rings. The first-order valence-electron chi connectivity index (χ1n) is 9.02. The van der Waals surface area contributed by atoms with E-state index in [0.29, 0.717) is 0 Å². The van der Waals surface area contributed by atoms with Crippen molar-refractivity contribution in [2.75, 3.05) is 0 Å². The van der Waals surface area contributed by atoms with Gasteiger partial charge in [-0.05, 0) is 53.9 Å². The molecule has 0 radical (unpaired) electrons. The highest BCUT2D eigenvalue weighted by Crippen LogP contribution is 2.27. The molecule has 0 spiro atoms. The van der Waals surface area contributed by atoms with Crippen molar-refractivity contribution in [3.63, 3.8) is 0 Å². The summed E-state index contributed by atoms with van der Waals surface area (Å²) in [6.45, 7) is 0.463. The van der Waals surface area contributed by atoms with Gasteiger partial charge in [0.25, 0.3) is 0 Å². The van der Waals surface area contributed by atoms with Crippen molar-refractivity contribution in [1.82, 2.24) is 9.03 Å². The van der Waals surface area contributed by atoms with Crippen LogP contribution >= 0.6 is 22.7 Å². The molecule has 154 valence electrons. The number of benzene rings is 1. The lowest BCUT2D eigenvalue weighted by atomic mass is 10.4. The second-order valence-corrected chi connectivity index (χ2v) is 12.5. The molecule has 6 nitrogen and oxygen atoms in total. The molecule has 1 aromatic carbocycles. The van der Waals surface area contributed by atoms with Crippen LogP contribution in [0.2, 0.25) is 0 Å². The molecule has 0 unspecified atom stereocenters. The Morgan fingerprint density at radius 3 is 1.97 bits per heavy atom. The Morgan fingerprint density at radius 2 is 1.45 bits per heavy atom. The molecule has 1 fully saturated rings. The van der Waals surface area contributed by atoms with Crippen molar-refractivity contribution in [3.05, 3.63) is 69.0 Å². The Bertz CT molecular complexity index is 1130. The number of nitrogens with zero attached hydrogens (tertiary/aromatic N) is 1. The predicted octanol–water partition coefficient (Wildman–Crippen LogP) is 3.64. The van der Waals surface area contributed by atoms with Crippen LogP contribution in [0.1, 0.15) is 22.6 Å². The number of hydrogen-bond donors (Lipinski definition) is 1. The van der Waals surface area contributed by atoms with Gasteiger partial charge in [-0.2, -0.15) is 4.31 Å². The van der Waals surface area contributed by atoms with Crippen molar-refractivity contribution in [2.45, 2.75) is 41.8 Å². The molecule has 1 N–H and O–H groups in total. The average Bonchev–Trinajstić information content (AvgIpc) is 3.12. The van der Waals surface area contributed by atoms with Crippen molar-refractivity contribution in [3.8, 4) is 0 Å². The van der Waals surface area contributed by atoms with Gasteiger partial charge in [0.05, 0.1) is 9.79 Å². The van der Waals surface area contributed by atoms with Gasteiger partial charge in [-0.1, -0.05) is 18.2 Å². The summed E-state index contributed by atoms with van der Waals surface area (Å²) in [5, 5.41) is 3.81. The second-order valence-electron chi connectivity index (χ2n) is 6.80. The predicted molar refractivity (Wildman–Crippen MR) is 115 cm³/mol. The topological polar surface area (TPSA) is 83.5 Å². The molecule has 0 bridgehead atoms. The lowest BCUT2D eigenvalue weighted by Gasteiger charge is -2.21. The summed E-state index contributed by atoms with van der Waals surface area (Å²) < 4.78 is 55.9. The van der Waals surface area contributed by atoms with Crippen LogP contribution in [-0.4, -0.2) is 27.2 Å². The van der Waals surface area contributed by atoms with Crippen molar-refractivity contribution in [2.24, 2.45) is 0 Å². The van der Waals surface area contributed by atoms with Crippen LogP contribution in [0.4, 0.5) is 0 Å². The minimum atomic E-state index is -3.89. The first-order valence-corrected chi connectivity index (χ1v) is 13.7. The van der Waals surface area contributed by atoms with Crippen molar-refractivity contribution < 1.29 is 16.8 Å². The fraction of sp³-hybridized carbons (Fsp3) is 0.263. The van der Waals surface area contributed by atoms with E-state index in [1.54, 1.807) is 0 Å². The maximum Gasteiger partial charge on any atom is 0.243 e. The maximum atomic E-state index is 13.4. The molecule has 2 aromatic heterocycles. The third-order valence-corrected chi connectivity index (χ3v) is 9.51. The molecule has 1 aliphatic rings. The normalized spacial score (nSPS) is 15.1. The zero-order chi connectivity index (χ0) is 20.5. The Balaban J connectivity index is 1.67. The van der Waals surface area contributed by atoms with Gasteiger partial charge in [0.15, 0.2) is 0 Å². The lowest BCUT2D eigenvalue weighted by molar-refractivity contribution is 0.407. The highest BCUT2D eigenvalue weighted by Gasteiger charge is 2.30. The third kappa shape index (κ3) is 4.96. The van der Waals surface area contributed by atoms with E-state index in [9.17, 15) is 16.8 Å². The minimum absolute atomic E-state index is 0.0238.